The molecule has 0 saturated heterocycles. The van der Waals surface area contributed by atoms with E-state index in [1.807, 2.05) is 62.5 Å². The van der Waals surface area contributed by atoms with E-state index in [0.29, 0.717) is 12.1 Å². The van der Waals surface area contributed by atoms with Gasteiger partial charge in [-0.2, -0.15) is 0 Å². The second-order valence-electron chi connectivity index (χ2n) is 4.44. The summed E-state index contributed by atoms with van der Waals surface area (Å²) in [4.78, 5) is 12.0. The number of carbonyl (C=O) groups excluding carboxylic acids is 1. The molecule has 98 valence electrons. The van der Waals surface area contributed by atoms with Crippen molar-refractivity contribution in [3.63, 3.8) is 0 Å². The van der Waals surface area contributed by atoms with Gasteiger partial charge < -0.3 is 10.6 Å². The minimum Gasteiger partial charge on any atom is -0.388 e. The largest absolute Gasteiger partial charge is 0.388 e. The SMILES string of the molecule is CNc1ccc(C(=O)NCc2ccccc2C)cc1. The molecule has 2 aromatic carbocycles. The highest BCUT2D eigenvalue weighted by Gasteiger charge is 2.05. The number of benzene rings is 2. The van der Waals surface area contributed by atoms with Crippen LogP contribution in [0.3, 0.4) is 0 Å². The van der Waals surface area contributed by atoms with Crippen LogP contribution in [0.4, 0.5) is 5.69 Å². The number of anilines is 1. The van der Waals surface area contributed by atoms with Crippen LogP contribution >= 0.6 is 0 Å². The Morgan fingerprint density at radius 3 is 2.37 bits per heavy atom. The summed E-state index contributed by atoms with van der Waals surface area (Å²) in [5, 5.41) is 5.96. The molecule has 0 aromatic heterocycles. The summed E-state index contributed by atoms with van der Waals surface area (Å²) in [6.45, 7) is 2.60. The van der Waals surface area contributed by atoms with Crippen molar-refractivity contribution in [2.75, 3.05) is 12.4 Å². The first-order valence-electron chi connectivity index (χ1n) is 6.31. The van der Waals surface area contributed by atoms with Crippen molar-refractivity contribution in [2.24, 2.45) is 0 Å². The molecule has 2 rings (SSSR count). The summed E-state index contributed by atoms with van der Waals surface area (Å²) in [5.41, 5.74) is 4.00. The predicted octanol–water partition coefficient (Wildman–Crippen LogP) is 2.97. The molecule has 0 aliphatic heterocycles. The lowest BCUT2D eigenvalue weighted by Crippen LogP contribution is -2.23. The smallest absolute Gasteiger partial charge is 0.251 e. The predicted molar refractivity (Wildman–Crippen MR) is 78.3 cm³/mol. The van der Waals surface area contributed by atoms with Crippen molar-refractivity contribution in [2.45, 2.75) is 13.5 Å². The number of nitrogens with one attached hydrogen (secondary N) is 2. The average Bonchev–Trinajstić information content (AvgIpc) is 2.46. The molecule has 0 bridgehead atoms. The third-order valence-electron chi connectivity index (χ3n) is 3.14. The Bertz CT molecular complexity index is 561. The van der Waals surface area contributed by atoms with Crippen molar-refractivity contribution < 1.29 is 4.79 Å². The van der Waals surface area contributed by atoms with Crippen LogP contribution in [0.25, 0.3) is 0 Å². The zero-order valence-corrected chi connectivity index (χ0v) is 11.2. The maximum absolute atomic E-state index is 12.0. The number of aryl methyl sites for hydroxylation is 1. The second-order valence-corrected chi connectivity index (χ2v) is 4.44. The van der Waals surface area contributed by atoms with Gasteiger partial charge in [0.15, 0.2) is 0 Å². The molecule has 0 aliphatic rings. The van der Waals surface area contributed by atoms with Gasteiger partial charge in [-0.1, -0.05) is 24.3 Å². The summed E-state index contributed by atoms with van der Waals surface area (Å²) in [6, 6.07) is 15.5. The molecule has 19 heavy (non-hydrogen) atoms. The van der Waals surface area contributed by atoms with Crippen molar-refractivity contribution >= 4 is 11.6 Å². The molecule has 0 aliphatic carbocycles. The van der Waals surface area contributed by atoms with Crippen molar-refractivity contribution in [1.29, 1.82) is 0 Å². The fourth-order valence-electron chi connectivity index (χ4n) is 1.87. The highest BCUT2D eigenvalue weighted by Crippen LogP contribution is 2.10. The van der Waals surface area contributed by atoms with Crippen LogP contribution < -0.4 is 10.6 Å². The number of amides is 1. The second kappa shape index (κ2) is 6.05. The van der Waals surface area contributed by atoms with E-state index in [0.717, 1.165) is 11.3 Å². The zero-order valence-electron chi connectivity index (χ0n) is 11.2. The molecule has 0 radical (unpaired) electrons. The number of rotatable bonds is 4. The highest BCUT2D eigenvalue weighted by atomic mass is 16.1. The Morgan fingerprint density at radius 2 is 1.74 bits per heavy atom. The summed E-state index contributed by atoms with van der Waals surface area (Å²) < 4.78 is 0. The van der Waals surface area contributed by atoms with Crippen LogP contribution in [0.5, 0.6) is 0 Å². The summed E-state index contributed by atoms with van der Waals surface area (Å²) in [6.07, 6.45) is 0. The Labute approximate surface area is 113 Å². The van der Waals surface area contributed by atoms with Gasteiger partial charge in [-0.25, -0.2) is 0 Å². The molecule has 2 aromatic rings. The Kier molecular flexibility index (Phi) is 4.18. The first-order valence-corrected chi connectivity index (χ1v) is 6.31. The summed E-state index contributed by atoms with van der Waals surface area (Å²) in [5.74, 6) is -0.0501. The molecule has 0 heterocycles. The van der Waals surface area contributed by atoms with Gasteiger partial charge in [-0.3, -0.25) is 4.79 Å². The minimum absolute atomic E-state index is 0.0501. The van der Waals surface area contributed by atoms with Crippen molar-refractivity contribution in [3.8, 4) is 0 Å². The van der Waals surface area contributed by atoms with Crippen LogP contribution in [-0.4, -0.2) is 13.0 Å². The molecular formula is C16H18N2O. The van der Waals surface area contributed by atoms with Gasteiger partial charge in [0.2, 0.25) is 0 Å². The topological polar surface area (TPSA) is 41.1 Å². The molecule has 3 nitrogen and oxygen atoms in total. The maximum Gasteiger partial charge on any atom is 0.251 e. The Morgan fingerprint density at radius 1 is 1.05 bits per heavy atom. The quantitative estimate of drug-likeness (QED) is 0.880. The van der Waals surface area contributed by atoms with Gasteiger partial charge in [0, 0.05) is 24.8 Å². The van der Waals surface area contributed by atoms with E-state index in [2.05, 4.69) is 10.6 Å². The fraction of sp³-hybridized carbons (Fsp3) is 0.188. The van der Waals surface area contributed by atoms with Crippen LogP contribution in [0, 0.1) is 6.92 Å². The fourth-order valence-corrected chi connectivity index (χ4v) is 1.87. The van der Waals surface area contributed by atoms with Crippen LogP contribution in [-0.2, 0) is 6.54 Å². The summed E-state index contributed by atoms with van der Waals surface area (Å²) in [7, 11) is 1.85. The van der Waals surface area contributed by atoms with Gasteiger partial charge in [-0.15, -0.1) is 0 Å². The number of hydrogen-bond acceptors (Lipinski definition) is 2. The Balaban J connectivity index is 1.99. The lowest BCUT2D eigenvalue weighted by Gasteiger charge is -2.08. The molecule has 0 fully saturated rings. The standard InChI is InChI=1S/C16H18N2O/c1-12-5-3-4-6-14(12)11-18-16(19)13-7-9-15(17-2)10-8-13/h3-10,17H,11H2,1-2H3,(H,18,19). The van der Waals surface area contributed by atoms with E-state index in [-0.39, 0.29) is 5.91 Å². The van der Waals surface area contributed by atoms with E-state index in [9.17, 15) is 4.79 Å². The lowest BCUT2D eigenvalue weighted by molar-refractivity contribution is 0.0951. The van der Waals surface area contributed by atoms with Gasteiger partial charge in [0.25, 0.3) is 5.91 Å². The van der Waals surface area contributed by atoms with Crippen molar-refractivity contribution in [3.05, 3.63) is 65.2 Å². The monoisotopic (exact) mass is 254 g/mol. The summed E-state index contributed by atoms with van der Waals surface area (Å²) >= 11 is 0. The van der Waals surface area contributed by atoms with E-state index < -0.39 is 0 Å². The van der Waals surface area contributed by atoms with Crippen LogP contribution in [0.2, 0.25) is 0 Å². The molecular weight excluding hydrogens is 236 g/mol. The molecule has 2 N–H and O–H groups in total. The van der Waals surface area contributed by atoms with E-state index >= 15 is 0 Å². The van der Waals surface area contributed by atoms with Crippen LogP contribution in [0.15, 0.2) is 48.5 Å². The van der Waals surface area contributed by atoms with Crippen LogP contribution in [0.1, 0.15) is 21.5 Å². The zero-order chi connectivity index (χ0) is 13.7. The average molecular weight is 254 g/mol. The van der Waals surface area contributed by atoms with Gasteiger partial charge in [0.1, 0.15) is 0 Å². The first-order chi connectivity index (χ1) is 9.20. The molecule has 0 unspecified atom stereocenters. The number of hydrogen-bond donors (Lipinski definition) is 2. The van der Waals surface area contributed by atoms with E-state index in [1.54, 1.807) is 0 Å². The first kappa shape index (κ1) is 13.1. The third kappa shape index (κ3) is 3.35. The van der Waals surface area contributed by atoms with Gasteiger partial charge >= 0.3 is 0 Å². The maximum atomic E-state index is 12.0. The molecule has 0 spiro atoms. The normalized spacial score (nSPS) is 10.0. The molecule has 3 heteroatoms. The van der Waals surface area contributed by atoms with Gasteiger partial charge in [-0.05, 0) is 42.3 Å². The third-order valence-corrected chi connectivity index (χ3v) is 3.14. The van der Waals surface area contributed by atoms with Crippen molar-refractivity contribution in [1.82, 2.24) is 5.32 Å². The molecule has 1 amide bonds. The minimum atomic E-state index is -0.0501. The number of carbonyl (C=O) groups is 1. The molecule has 0 atom stereocenters. The van der Waals surface area contributed by atoms with E-state index in [1.165, 1.54) is 5.56 Å². The highest BCUT2D eigenvalue weighted by molar-refractivity contribution is 5.94. The van der Waals surface area contributed by atoms with Gasteiger partial charge in [0.05, 0.1) is 0 Å². The Hall–Kier alpha value is -2.29. The van der Waals surface area contributed by atoms with E-state index in [4.69, 9.17) is 0 Å². The molecule has 0 saturated carbocycles. The lowest BCUT2D eigenvalue weighted by atomic mass is 10.1.